The van der Waals surface area contributed by atoms with Crippen LogP contribution in [0.15, 0.2) is 0 Å². The standard InChI is InChI=1S/C5H10N2/c1-7-4-2-6-3-5-7/h2H,3-5H2,1H3/p+1. The van der Waals surface area contributed by atoms with Gasteiger partial charge in [0.25, 0.3) is 0 Å². The van der Waals surface area contributed by atoms with Crippen molar-refractivity contribution in [3.05, 3.63) is 0 Å². The zero-order valence-corrected chi connectivity index (χ0v) is 4.65. The van der Waals surface area contributed by atoms with E-state index >= 15 is 0 Å². The fourth-order valence-electron chi connectivity index (χ4n) is 0.669. The highest BCUT2D eigenvalue weighted by Gasteiger charge is 2.01. The molecule has 1 aliphatic heterocycles. The van der Waals surface area contributed by atoms with Crippen molar-refractivity contribution in [2.45, 2.75) is 0 Å². The molecule has 0 amide bonds. The van der Waals surface area contributed by atoms with Crippen molar-refractivity contribution in [3.8, 4) is 0 Å². The van der Waals surface area contributed by atoms with Crippen LogP contribution < -0.4 is 4.99 Å². The molecule has 0 fully saturated rings. The first kappa shape index (κ1) is 4.78. The average Bonchev–Trinajstić information content (AvgIpc) is 1.69. The predicted octanol–water partition coefficient (Wildman–Crippen LogP) is -1.92. The lowest BCUT2D eigenvalue weighted by atomic mass is 10.5. The van der Waals surface area contributed by atoms with Gasteiger partial charge in [-0.25, -0.2) is 4.99 Å². The molecule has 0 saturated carbocycles. The average molecular weight is 99.2 g/mol. The summed E-state index contributed by atoms with van der Waals surface area (Å²) in [7, 11) is 2.12. The van der Waals surface area contributed by atoms with Crippen LogP contribution in [0.2, 0.25) is 0 Å². The van der Waals surface area contributed by atoms with Crippen molar-refractivity contribution in [1.82, 2.24) is 4.90 Å². The van der Waals surface area contributed by atoms with Crippen LogP contribution in [0.4, 0.5) is 0 Å². The van der Waals surface area contributed by atoms with Crippen LogP contribution in [-0.4, -0.2) is 37.8 Å². The summed E-state index contributed by atoms with van der Waals surface area (Å²) in [6, 6.07) is 0. The summed E-state index contributed by atoms with van der Waals surface area (Å²) in [6.07, 6.45) is 2.09. The first-order valence-electron chi connectivity index (χ1n) is 2.63. The van der Waals surface area contributed by atoms with Gasteiger partial charge in [-0.2, -0.15) is 0 Å². The summed E-state index contributed by atoms with van der Waals surface area (Å²) < 4.78 is 0. The van der Waals surface area contributed by atoms with Crippen LogP contribution in [0.1, 0.15) is 0 Å². The van der Waals surface area contributed by atoms with E-state index < -0.39 is 0 Å². The molecule has 7 heavy (non-hydrogen) atoms. The number of nitrogens with zero attached hydrogens (tertiary/aromatic N) is 1. The molecule has 0 aromatic carbocycles. The van der Waals surface area contributed by atoms with Gasteiger partial charge in [-0.1, -0.05) is 0 Å². The number of hydrogen-bond donors (Lipinski definition) is 1. The Kier molecular flexibility index (Phi) is 1.42. The Hall–Kier alpha value is -0.370. The predicted molar refractivity (Wildman–Crippen MR) is 29.4 cm³/mol. The second-order valence-corrected chi connectivity index (χ2v) is 1.92. The lowest BCUT2D eigenvalue weighted by Crippen LogP contribution is -2.75. The van der Waals surface area contributed by atoms with Crippen LogP contribution >= 0.6 is 0 Å². The molecule has 1 heterocycles. The summed E-state index contributed by atoms with van der Waals surface area (Å²) >= 11 is 0. The van der Waals surface area contributed by atoms with Crippen molar-refractivity contribution in [2.75, 3.05) is 26.7 Å². The zero-order chi connectivity index (χ0) is 5.11. The molecule has 1 rings (SSSR count). The lowest BCUT2D eigenvalue weighted by Gasteiger charge is -2.11. The molecule has 0 spiro atoms. The molecule has 1 N–H and O–H groups in total. The highest BCUT2D eigenvalue weighted by molar-refractivity contribution is 5.52. The van der Waals surface area contributed by atoms with E-state index in [1.807, 2.05) is 0 Å². The lowest BCUT2D eigenvalue weighted by molar-refractivity contribution is -0.459. The molecule has 0 aromatic heterocycles. The number of hydrogen-bond acceptors (Lipinski definition) is 1. The van der Waals surface area contributed by atoms with Gasteiger partial charge in [0.1, 0.15) is 0 Å². The highest BCUT2D eigenvalue weighted by atomic mass is 15.1. The van der Waals surface area contributed by atoms with Crippen LogP contribution in [0, 0.1) is 0 Å². The first-order chi connectivity index (χ1) is 3.39. The van der Waals surface area contributed by atoms with E-state index in [0.29, 0.717) is 0 Å². The second-order valence-electron chi connectivity index (χ2n) is 1.92. The van der Waals surface area contributed by atoms with Gasteiger partial charge in [0.05, 0.1) is 13.1 Å². The minimum absolute atomic E-state index is 1.08. The van der Waals surface area contributed by atoms with E-state index in [9.17, 15) is 0 Å². The molecule has 2 nitrogen and oxygen atoms in total. The molecule has 1 aliphatic rings. The van der Waals surface area contributed by atoms with Crippen molar-refractivity contribution in [2.24, 2.45) is 0 Å². The van der Waals surface area contributed by atoms with E-state index in [-0.39, 0.29) is 0 Å². The van der Waals surface area contributed by atoms with E-state index in [1.54, 1.807) is 0 Å². The van der Waals surface area contributed by atoms with Crippen LogP contribution in [-0.2, 0) is 0 Å². The number of rotatable bonds is 0. The third-order valence-electron chi connectivity index (χ3n) is 1.19. The zero-order valence-electron chi connectivity index (χ0n) is 4.65. The Bertz CT molecular complexity index is 78.1. The van der Waals surface area contributed by atoms with E-state index in [0.717, 1.165) is 13.1 Å². The third-order valence-corrected chi connectivity index (χ3v) is 1.19. The van der Waals surface area contributed by atoms with Gasteiger partial charge in [0.15, 0.2) is 12.8 Å². The van der Waals surface area contributed by atoms with Gasteiger partial charge in [0.2, 0.25) is 0 Å². The fraction of sp³-hybridized carbons (Fsp3) is 0.800. The molecule has 2 heteroatoms. The van der Waals surface area contributed by atoms with Gasteiger partial charge in [-0.15, -0.1) is 0 Å². The van der Waals surface area contributed by atoms with E-state index in [4.69, 9.17) is 0 Å². The Balaban J connectivity index is 2.32. The Labute approximate surface area is 43.8 Å². The van der Waals surface area contributed by atoms with Gasteiger partial charge in [0, 0.05) is 0 Å². The van der Waals surface area contributed by atoms with Gasteiger partial charge in [-0.3, -0.25) is 4.90 Å². The number of likely N-dealkylation sites (N-methyl/N-ethyl adjacent to an activating group) is 1. The molecule has 0 bridgehead atoms. The topological polar surface area (TPSA) is 17.2 Å². The van der Waals surface area contributed by atoms with Gasteiger partial charge < -0.3 is 0 Å². The maximum Gasteiger partial charge on any atom is 0.153 e. The smallest absolute Gasteiger partial charge is 0.153 e. The molecule has 0 aromatic rings. The molecular formula is C5H11N2+. The summed E-state index contributed by atoms with van der Waals surface area (Å²) in [5, 5.41) is 0. The second kappa shape index (κ2) is 2.07. The van der Waals surface area contributed by atoms with Crippen molar-refractivity contribution in [1.29, 1.82) is 0 Å². The maximum absolute atomic E-state index is 3.15. The maximum atomic E-state index is 3.15. The van der Waals surface area contributed by atoms with Crippen molar-refractivity contribution < 1.29 is 4.99 Å². The minimum Gasteiger partial charge on any atom is -0.291 e. The largest absolute Gasteiger partial charge is 0.291 e. The summed E-state index contributed by atoms with van der Waals surface area (Å²) in [5.74, 6) is 0. The van der Waals surface area contributed by atoms with E-state index in [1.165, 1.54) is 6.54 Å². The quantitative estimate of drug-likeness (QED) is 0.375. The summed E-state index contributed by atoms with van der Waals surface area (Å²) in [4.78, 5) is 5.42. The van der Waals surface area contributed by atoms with Gasteiger partial charge in [-0.05, 0) is 7.05 Å². The fourth-order valence-corrected chi connectivity index (χ4v) is 0.669. The first-order valence-corrected chi connectivity index (χ1v) is 2.63. The highest BCUT2D eigenvalue weighted by Crippen LogP contribution is 1.74. The van der Waals surface area contributed by atoms with E-state index in [2.05, 4.69) is 23.2 Å². The molecule has 0 saturated heterocycles. The Morgan fingerprint density at radius 2 is 2.57 bits per heavy atom. The molecule has 0 atom stereocenters. The van der Waals surface area contributed by atoms with Crippen LogP contribution in [0.3, 0.4) is 0 Å². The third kappa shape index (κ3) is 1.27. The van der Waals surface area contributed by atoms with Crippen molar-refractivity contribution in [3.63, 3.8) is 0 Å². The molecular weight excluding hydrogens is 88.1 g/mol. The SMILES string of the molecule is CN1CC=[NH+]CC1. The monoisotopic (exact) mass is 99.1 g/mol. The molecule has 0 aliphatic carbocycles. The Morgan fingerprint density at radius 1 is 1.71 bits per heavy atom. The molecule has 40 valence electrons. The normalized spacial score (nSPS) is 23.0. The Morgan fingerprint density at radius 3 is 2.86 bits per heavy atom. The van der Waals surface area contributed by atoms with Gasteiger partial charge >= 0.3 is 0 Å². The van der Waals surface area contributed by atoms with Crippen LogP contribution in [0.5, 0.6) is 0 Å². The molecule has 0 radical (unpaired) electrons. The summed E-state index contributed by atoms with van der Waals surface area (Å²) in [5.41, 5.74) is 0. The summed E-state index contributed by atoms with van der Waals surface area (Å²) in [6.45, 7) is 3.37. The minimum atomic E-state index is 1.08. The van der Waals surface area contributed by atoms with Crippen molar-refractivity contribution >= 4 is 6.21 Å². The molecule has 0 unspecified atom stereocenters. The number of nitrogens with one attached hydrogen (secondary N) is 1. The van der Waals surface area contributed by atoms with Crippen LogP contribution in [0.25, 0.3) is 0 Å².